The topological polar surface area (TPSA) is 61.0 Å². The van der Waals surface area contributed by atoms with Crippen LogP contribution in [-0.2, 0) is 13.6 Å². The van der Waals surface area contributed by atoms with Gasteiger partial charge in [-0.15, -0.1) is 11.8 Å². The largest absolute Gasteiger partial charge is 0.508 e. The number of benzene rings is 1. The van der Waals surface area contributed by atoms with Crippen LogP contribution in [0.1, 0.15) is 48.7 Å². The highest BCUT2D eigenvalue weighted by Crippen LogP contribution is 2.38. The fourth-order valence-corrected chi connectivity index (χ4v) is 4.30. The normalized spacial score (nSPS) is 13.4. The standard InChI is InChI=1S/C21H27N3OS/c1-4-26-21-14(2)24(3)20(18(21)12-22)19(16-6-5-7-16)23-13-15-8-10-17(25)11-9-15/h8-12,22-23,25H,4-7,13H2,1-3H3. The first-order chi connectivity index (χ1) is 12.6. The van der Waals surface area contributed by atoms with Crippen molar-refractivity contribution < 1.29 is 5.11 Å². The lowest BCUT2D eigenvalue weighted by Gasteiger charge is -2.24. The number of aromatic hydroxyl groups is 1. The SMILES string of the molecule is CCSc1c(C=N)c(C(NCc2ccc(O)cc2)=C2CCC2)n(C)c1C. The van der Waals surface area contributed by atoms with Crippen LogP contribution >= 0.6 is 11.8 Å². The summed E-state index contributed by atoms with van der Waals surface area (Å²) in [6.45, 7) is 4.99. The molecule has 1 aromatic carbocycles. The molecule has 3 N–H and O–H groups in total. The van der Waals surface area contributed by atoms with Crippen LogP contribution in [0, 0.1) is 12.3 Å². The monoisotopic (exact) mass is 369 g/mol. The maximum atomic E-state index is 9.48. The molecule has 0 amide bonds. The highest BCUT2D eigenvalue weighted by atomic mass is 32.2. The zero-order chi connectivity index (χ0) is 18.7. The highest BCUT2D eigenvalue weighted by molar-refractivity contribution is 7.99. The van der Waals surface area contributed by atoms with Crippen molar-refractivity contribution >= 4 is 23.7 Å². The molecule has 0 saturated heterocycles. The fourth-order valence-electron chi connectivity index (χ4n) is 3.35. The fraction of sp³-hybridized carbons (Fsp3) is 0.381. The molecule has 4 nitrogen and oxygen atoms in total. The van der Waals surface area contributed by atoms with Crippen LogP contribution in [-0.4, -0.2) is 21.6 Å². The maximum Gasteiger partial charge on any atom is 0.115 e. The molecule has 1 aliphatic rings. The first-order valence-corrected chi connectivity index (χ1v) is 10.1. The van der Waals surface area contributed by atoms with E-state index in [1.807, 2.05) is 23.9 Å². The Kier molecular flexibility index (Phi) is 5.77. The van der Waals surface area contributed by atoms with Gasteiger partial charge in [0.05, 0.1) is 11.4 Å². The van der Waals surface area contributed by atoms with Crippen LogP contribution in [0.4, 0.5) is 0 Å². The summed E-state index contributed by atoms with van der Waals surface area (Å²) in [4.78, 5) is 1.21. The van der Waals surface area contributed by atoms with Crippen LogP contribution < -0.4 is 5.32 Å². The molecule has 0 bridgehead atoms. The molecule has 5 heteroatoms. The summed E-state index contributed by atoms with van der Waals surface area (Å²) in [5.41, 5.74) is 7.11. The van der Waals surface area contributed by atoms with Crippen LogP contribution in [0.3, 0.4) is 0 Å². The van der Waals surface area contributed by atoms with Gasteiger partial charge in [-0.2, -0.15) is 0 Å². The molecule has 1 aromatic heterocycles. The van der Waals surface area contributed by atoms with Crippen molar-refractivity contribution in [3.63, 3.8) is 0 Å². The van der Waals surface area contributed by atoms with E-state index in [1.54, 1.807) is 12.1 Å². The Morgan fingerprint density at radius 1 is 1.31 bits per heavy atom. The zero-order valence-corrected chi connectivity index (χ0v) is 16.5. The Balaban J connectivity index is 1.98. The number of nitrogens with one attached hydrogen (secondary N) is 2. The molecule has 1 saturated carbocycles. The second-order valence-electron chi connectivity index (χ2n) is 6.67. The van der Waals surface area contributed by atoms with Gasteiger partial charge in [-0.25, -0.2) is 0 Å². The Labute approximate surface area is 159 Å². The van der Waals surface area contributed by atoms with Crippen molar-refractivity contribution in [2.45, 2.75) is 44.6 Å². The number of phenols is 1. The summed E-state index contributed by atoms with van der Waals surface area (Å²) in [6.07, 6.45) is 4.98. The number of hydrogen-bond acceptors (Lipinski definition) is 4. The van der Waals surface area contributed by atoms with Crippen molar-refractivity contribution in [1.29, 1.82) is 5.41 Å². The molecular formula is C21H27N3OS. The molecule has 0 aliphatic heterocycles. The Hall–Kier alpha value is -2.14. The van der Waals surface area contributed by atoms with Crippen LogP contribution in [0.25, 0.3) is 5.70 Å². The van der Waals surface area contributed by atoms with Crippen molar-refractivity contribution in [2.24, 2.45) is 7.05 Å². The third-order valence-electron chi connectivity index (χ3n) is 5.05. The molecule has 1 fully saturated rings. The molecule has 0 spiro atoms. The van der Waals surface area contributed by atoms with Gasteiger partial charge in [-0.3, -0.25) is 0 Å². The van der Waals surface area contributed by atoms with Crippen LogP contribution in [0.15, 0.2) is 34.7 Å². The van der Waals surface area contributed by atoms with Gasteiger partial charge in [0.25, 0.3) is 0 Å². The number of nitrogens with zero attached hydrogens (tertiary/aromatic N) is 1. The number of hydrogen-bond donors (Lipinski definition) is 3. The molecule has 138 valence electrons. The van der Waals surface area contributed by atoms with Gasteiger partial charge in [-0.05, 0) is 55.2 Å². The first-order valence-electron chi connectivity index (χ1n) is 9.13. The number of phenolic OH excluding ortho intramolecular Hbond substituents is 1. The third-order valence-corrected chi connectivity index (χ3v) is 6.15. The van der Waals surface area contributed by atoms with Crippen molar-refractivity contribution in [2.75, 3.05) is 5.75 Å². The lowest BCUT2D eigenvalue weighted by molar-refractivity contribution is 0.475. The van der Waals surface area contributed by atoms with Crippen molar-refractivity contribution in [3.8, 4) is 5.75 Å². The summed E-state index contributed by atoms with van der Waals surface area (Å²) in [6, 6.07) is 7.33. The molecule has 2 aromatic rings. The van der Waals surface area contributed by atoms with Gasteiger partial charge >= 0.3 is 0 Å². The van der Waals surface area contributed by atoms with Crippen molar-refractivity contribution in [1.82, 2.24) is 9.88 Å². The summed E-state index contributed by atoms with van der Waals surface area (Å²) in [7, 11) is 2.10. The summed E-state index contributed by atoms with van der Waals surface area (Å²) in [5.74, 6) is 1.29. The Morgan fingerprint density at radius 2 is 2.00 bits per heavy atom. The highest BCUT2D eigenvalue weighted by Gasteiger charge is 2.24. The molecule has 1 heterocycles. The summed E-state index contributed by atoms with van der Waals surface area (Å²) >= 11 is 1.81. The quantitative estimate of drug-likeness (QED) is 0.484. The van der Waals surface area contributed by atoms with Gasteiger partial charge in [-0.1, -0.05) is 19.1 Å². The Bertz CT molecular complexity index is 828. The predicted octanol–water partition coefficient (Wildman–Crippen LogP) is 4.83. The van der Waals surface area contributed by atoms with E-state index < -0.39 is 0 Å². The minimum absolute atomic E-state index is 0.289. The predicted molar refractivity (Wildman–Crippen MR) is 110 cm³/mol. The van der Waals surface area contributed by atoms with Crippen molar-refractivity contribution in [3.05, 3.63) is 52.4 Å². The number of thioether (sulfide) groups is 1. The van der Waals surface area contributed by atoms with Gasteiger partial charge in [0, 0.05) is 36.0 Å². The van der Waals surface area contributed by atoms with E-state index in [1.165, 1.54) is 34.5 Å². The Morgan fingerprint density at radius 3 is 2.54 bits per heavy atom. The van der Waals surface area contributed by atoms with E-state index in [0.29, 0.717) is 6.54 Å². The molecule has 26 heavy (non-hydrogen) atoms. The van der Waals surface area contributed by atoms with E-state index in [0.717, 1.165) is 35.4 Å². The minimum Gasteiger partial charge on any atom is -0.508 e. The number of allylic oxidation sites excluding steroid dienone is 1. The van der Waals surface area contributed by atoms with E-state index in [2.05, 4.69) is 30.8 Å². The molecule has 0 unspecified atom stereocenters. The lowest BCUT2D eigenvalue weighted by atomic mass is 9.89. The average molecular weight is 370 g/mol. The second kappa shape index (κ2) is 8.04. The smallest absolute Gasteiger partial charge is 0.115 e. The maximum absolute atomic E-state index is 9.48. The van der Waals surface area contributed by atoms with Gasteiger partial charge in [0.1, 0.15) is 5.75 Å². The average Bonchev–Trinajstić information content (AvgIpc) is 2.83. The number of aromatic nitrogens is 1. The van der Waals surface area contributed by atoms with Gasteiger partial charge in [0.2, 0.25) is 0 Å². The molecule has 0 radical (unpaired) electrons. The molecule has 1 aliphatic carbocycles. The van der Waals surface area contributed by atoms with E-state index in [9.17, 15) is 5.11 Å². The third kappa shape index (κ3) is 3.54. The first kappa shape index (κ1) is 18.6. The lowest BCUT2D eigenvalue weighted by Crippen LogP contribution is -2.20. The van der Waals surface area contributed by atoms with Gasteiger partial charge in [0.15, 0.2) is 0 Å². The van der Waals surface area contributed by atoms with Crippen LogP contribution in [0.5, 0.6) is 5.75 Å². The zero-order valence-electron chi connectivity index (χ0n) is 15.7. The molecule has 0 atom stereocenters. The van der Waals surface area contributed by atoms with Gasteiger partial charge < -0.3 is 20.4 Å². The van der Waals surface area contributed by atoms with E-state index in [-0.39, 0.29) is 5.75 Å². The summed E-state index contributed by atoms with van der Waals surface area (Å²) < 4.78 is 2.23. The minimum atomic E-state index is 0.289. The second-order valence-corrected chi connectivity index (χ2v) is 7.94. The molecular weight excluding hydrogens is 342 g/mol. The van der Waals surface area contributed by atoms with E-state index in [4.69, 9.17) is 5.41 Å². The van der Waals surface area contributed by atoms with Crippen LogP contribution in [0.2, 0.25) is 0 Å². The molecule has 3 rings (SSSR count). The summed E-state index contributed by atoms with van der Waals surface area (Å²) in [5, 5.41) is 21.1. The number of rotatable bonds is 7. The van der Waals surface area contributed by atoms with E-state index >= 15 is 0 Å².